The number of carboxylic acid groups (broad SMARTS) is 1. The molecule has 0 aliphatic heterocycles. The van der Waals surface area contributed by atoms with Crippen LogP contribution in [0.1, 0.15) is 25.2 Å². The van der Waals surface area contributed by atoms with Gasteiger partial charge in [0.15, 0.2) is 0 Å². The van der Waals surface area contributed by atoms with Crippen molar-refractivity contribution in [2.45, 2.75) is 38.3 Å². The van der Waals surface area contributed by atoms with Crippen molar-refractivity contribution in [2.75, 3.05) is 7.11 Å². The number of hydrazine groups is 1. The molecule has 0 amide bonds. The fourth-order valence-electron chi connectivity index (χ4n) is 4.10. The van der Waals surface area contributed by atoms with Gasteiger partial charge >= 0.3 is 5.97 Å². The van der Waals surface area contributed by atoms with Gasteiger partial charge in [-0.2, -0.15) is 0 Å². The maximum absolute atomic E-state index is 12.6. The zero-order valence-electron chi connectivity index (χ0n) is 21.8. The van der Waals surface area contributed by atoms with Crippen molar-refractivity contribution in [1.29, 1.82) is 0 Å². The van der Waals surface area contributed by atoms with Gasteiger partial charge in [-0.15, -0.1) is 4.83 Å². The Morgan fingerprint density at radius 2 is 1.64 bits per heavy atom. The predicted molar refractivity (Wildman–Crippen MR) is 151 cm³/mol. The second-order valence-corrected chi connectivity index (χ2v) is 11.8. The number of sulfonamides is 1. The highest BCUT2D eigenvalue weighted by atomic mass is 79.9. The highest BCUT2D eigenvalue weighted by Gasteiger charge is 2.24. The number of rotatable bonds is 11. The van der Waals surface area contributed by atoms with Crippen LogP contribution in [0.2, 0.25) is 0 Å². The molecule has 0 aliphatic rings. The molecule has 4 aromatic rings. The van der Waals surface area contributed by atoms with Gasteiger partial charge in [0.1, 0.15) is 35.5 Å². The molecule has 0 spiro atoms. The van der Waals surface area contributed by atoms with Crippen LogP contribution in [0.25, 0.3) is 22.1 Å². The molecule has 0 fully saturated rings. The van der Waals surface area contributed by atoms with Gasteiger partial charge in [0.2, 0.25) is 0 Å². The van der Waals surface area contributed by atoms with E-state index in [1.54, 1.807) is 33.1 Å². The monoisotopic (exact) mass is 616 g/mol. The first kappa shape index (κ1) is 28.6. The summed E-state index contributed by atoms with van der Waals surface area (Å²) in [6.07, 6.45) is 0. The summed E-state index contributed by atoms with van der Waals surface area (Å²) in [6.45, 7) is 5.57. The van der Waals surface area contributed by atoms with E-state index in [9.17, 15) is 18.3 Å². The fraction of sp³-hybridized carbons (Fsp3) is 0.250. The van der Waals surface area contributed by atoms with Gasteiger partial charge in [0.05, 0.1) is 21.9 Å². The van der Waals surface area contributed by atoms with Crippen LogP contribution in [0.4, 0.5) is 0 Å². The van der Waals surface area contributed by atoms with Crippen molar-refractivity contribution in [3.8, 4) is 22.6 Å². The van der Waals surface area contributed by atoms with Crippen LogP contribution < -0.4 is 19.7 Å². The van der Waals surface area contributed by atoms with Crippen molar-refractivity contribution in [2.24, 2.45) is 5.92 Å². The third kappa shape index (κ3) is 6.27. The molecule has 0 bridgehead atoms. The van der Waals surface area contributed by atoms with E-state index in [1.165, 1.54) is 12.1 Å². The molecule has 4 rings (SSSR count). The quantitative estimate of drug-likeness (QED) is 0.184. The lowest BCUT2D eigenvalue weighted by Crippen LogP contribution is -2.50. The van der Waals surface area contributed by atoms with Gasteiger partial charge in [-0.1, -0.05) is 38.1 Å². The van der Waals surface area contributed by atoms with E-state index in [0.29, 0.717) is 11.5 Å². The molecule has 0 unspecified atom stereocenters. The van der Waals surface area contributed by atoms with E-state index >= 15 is 0 Å². The topological polar surface area (TPSA) is 127 Å². The number of furan rings is 1. The lowest BCUT2D eigenvalue weighted by molar-refractivity contribution is -0.140. The van der Waals surface area contributed by atoms with E-state index in [4.69, 9.17) is 13.9 Å². The number of aryl methyl sites for hydroxylation is 1. The van der Waals surface area contributed by atoms with E-state index in [0.717, 1.165) is 37.9 Å². The minimum atomic E-state index is -3.95. The standard InChI is InChI=1S/C28H29BrN2O7S/c1-16(2)26(28(32)33)30-31-39(34,35)21-11-7-19(8-12-21)18-5-9-20(10-6-18)37-15-24-17(3)25-23(38-24)14-13-22(29)27(25)36-4/h5-14,16,26,30-31H,15H2,1-4H3,(H,32,33)/t26-/m0/s1. The maximum Gasteiger partial charge on any atom is 0.322 e. The first-order chi connectivity index (χ1) is 18.5. The third-order valence-electron chi connectivity index (χ3n) is 6.31. The molecule has 0 aliphatic carbocycles. The van der Waals surface area contributed by atoms with Gasteiger partial charge in [-0.25, -0.2) is 13.8 Å². The number of nitrogens with one attached hydrogen (secondary N) is 2. The van der Waals surface area contributed by atoms with E-state index in [1.807, 2.05) is 43.3 Å². The number of halogens is 1. The predicted octanol–water partition coefficient (Wildman–Crippen LogP) is 5.65. The Bertz CT molecular complexity index is 1580. The van der Waals surface area contributed by atoms with Crippen LogP contribution in [0.5, 0.6) is 11.5 Å². The number of aliphatic carboxylic acids is 1. The second-order valence-electron chi connectivity index (χ2n) is 9.25. The molecule has 1 heterocycles. The first-order valence-electron chi connectivity index (χ1n) is 12.1. The van der Waals surface area contributed by atoms with E-state index in [2.05, 4.69) is 26.2 Å². The van der Waals surface area contributed by atoms with Crippen molar-refractivity contribution in [3.05, 3.63) is 76.5 Å². The molecular formula is C28H29BrN2O7S. The number of carboxylic acids is 1. The van der Waals surface area contributed by atoms with Crippen LogP contribution in [0, 0.1) is 12.8 Å². The molecular weight excluding hydrogens is 588 g/mol. The van der Waals surface area contributed by atoms with Crippen LogP contribution in [0.15, 0.2) is 74.4 Å². The van der Waals surface area contributed by atoms with Crippen molar-refractivity contribution < 1.29 is 32.2 Å². The summed E-state index contributed by atoms with van der Waals surface area (Å²) in [4.78, 5) is 13.5. The van der Waals surface area contributed by atoms with Crippen molar-refractivity contribution in [1.82, 2.24) is 10.3 Å². The molecule has 9 nitrogen and oxygen atoms in total. The normalized spacial score (nSPS) is 12.6. The van der Waals surface area contributed by atoms with Crippen molar-refractivity contribution >= 4 is 42.9 Å². The molecule has 206 valence electrons. The number of hydrogen-bond donors (Lipinski definition) is 3. The average Bonchev–Trinajstić information content (AvgIpc) is 3.23. The average molecular weight is 618 g/mol. The molecule has 0 radical (unpaired) electrons. The highest BCUT2D eigenvalue weighted by molar-refractivity contribution is 9.10. The Labute approximate surface area is 235 Å². The molecule has 11 heteroatoms. The highest BCUT2D eigenvalue weighted by Crippen LogP contribution is 2.38. The van der Waals surface area contributed by atoms with Crippen LogP contribution in [-0.4, -0.2) is 32.6 Å². The summed E-state index contributed by atoms with van der Waals surface area (Å²) >= 11 is 3.50. The molecule has 0 saturated carbocycles. The second kappa shape index (κ2) is 11.8. The van der Waals surface area contributed by atoms with Gasteiger partial charge in [0, 0.05) is 5.56 Å². The summed E-state index contributed by atoms with van der Waals surface area (Å²) < 4.78 is 43.5. The summed E-state index contributed by atoms with van der Waals surface area (Å²) in [5.74, 6) is 0.618. The number of methoxy groups -OCH3 is 1. The maximum atomic E-state index is 12.6. The molecule has 1 atom stereocenters. The van der Waals surface area contributed by atoms with Crippen LogP contribution in [-0.2, 0) is 21.4 Å². The van der Waals surface area contributed by atoms with Crippen molar-refractivity contribution in [3.63, 3.8) is 0 Å². The van der Waals surface area contributed by atoms with Gasteiger partial charge in [-0.05, 0) is 76.3 Å². The Morgan fingerprint density at radius 1 is 1.03 bits per heavy atom. The molecule has 3 aromatic carbocycles. The summed E-state index contributed by atoms with van der Waals surface area (Å²) in [6, 6.07) is 16.4. The van der Waals surface area contributed by atoms with Crippen LogP contribution in [0.3, 0.4) is 0 Å². The largest absolute Gasteiger partial charge is 0.495 e. The van der Waals surface area contributed by atoms with E-state index < -0.39 is 22.0 Å². The van der Waals surface area contributed by atoms with Crippen LogP contribution >= 0.6 is 15.9 Å². The van der Waals surface area contributed by atoms with Gasteiger partial charge in [-0.3, -0.25) is 4.79 Å². The number of hydrogen-bond acceptors (Lipinski definition) is 7. The number of carbonyl (C=O) groups is 1. The number of ether oxygens (including phenoxy) is 2. The molecule has 1 aromatic heterocycles. The zero-order chi connectivity index (χ0) is 28.3. The molecule has 0 saturated heterocycles. The van der Waals surface area contributed by atoms with Gasteiger partial charge < -0.3 is 19.0 Å². The third-order valence-corrected chi connectivity index (χ3v) is 8.21. The Morgan fingerprint density at radius 3 is 2.21 bits per heavy atom. The lowest BCUT2D eigenvalue weighted by Gasteiger charge is -2.18. The zero-order valence-corrected chi connectivity index (χ0v) is 24.2. The smallest absolute Gasteiger partial charge is 0.322 e. The minimum Gasteiger partial charge on any atom is -0.495 e. The number of fused-ring (bicyclic) bond motifs is 1. The Kier molecular flexibility index (Phi) is 8.65. The fourth-order valence-corrected chi connectivity index (χ4v) is 5.48. The SMILES string of the molecule is COc1c(Br)ccc2oc(COc3ccc(-c4ccc(S(=O)(=O)NN[C@H](C(=O)O)C(C)C)cc4)cc3)c(C)c12. The minimum absolute atomic E-state index is 0.0106. The Hall–Kier alpha value is -3.38. The number of benzene rings is 3. The summed E-state index contributed by atoms with van der Waals surface area (Å²) in [5.41, 5.74) is 5.74. The molecule has 3 N–H and O–H groups in total. The van der Waals surface area contributed by atoms with E-state index in [-0.39, 0.29) is 17.4 Å². The Balaban J connectivity index is 1.42. The summed E-state index contributed by atoms with van der Waals surface area (Å²) in [5, 5.41) is 10.1. The molecule has 39 heavy (non-hydrogen) atoms. The summed E-state index contributed by atoms with van der Waals surface area (Å²) in [7, 11) is -2.33. The lowest BCUT2D eigenvalue weighted by atomic mass is 10.1. The first-order valence-corrected chi connectivity index (χ1v) is 14.4. The van der Waals surface area contributed by atoms with Gasteiger partial charge in [0.25, 0.3) is 10.0 Å².